The number of amides is 2. The summed E-state index contributed by atoms with van der Waals surface area (Å²) in [6, 6.07) is 3.48. The van der Waals surface area contributed by atoms with Crippen molar-refractivity contribution >= 4 is 29.6 Å². The van der Waals surface area contributed by atoms with E-state index in [0.29, 0.717) is 24.9 Å². The van der Waals surface area contributed by atoms with Gasteiger partial charge in [-0.2, -0.15) is 0 Å². The van der Waals surface area contributed by atoms with Crippen molar-refractivity contribution in [2.75, 3.05) is 31.2 Å². The number of imide groups is 1. The fraction of sp³-hybridized carbons (Fsp3) is 0.357. The van der Waals surface area contributed by atoms with Crippen LogP contribution in [-0.4, -0.2) is 43.9 Å². The highest BCUT2D eigenvalue weighted by molar-refractivity contribution is 6.32. The van der Waals surface area contributed by atoms with Crippen LogP contribution >= 0.6 is 0 Å². The van der Waals surface area contributed by atoms with Crippen molar-refractivity contribution in [1.82, 2.24) is 5.32 Å². The van der Waals surface area contributed by atoms with Gasteiger partial charge in [-0.3, -0.25) is 19.7 Å². The van der Waals surface area contributed by atoms with Gasteiger partial charge in [0.2, 0.25) is 5.91 Å². The number of hydrogen-bond acceptors (Lipinski definition) is 6. The molecule has 2 amide bonds. The molecule has 1 aromatic rings. The second-order valence-corrected chi connectivity index (χ2v) is 4.81. The molecule has 0 aliphatic carbocycles. The monoisotopic (exact) mass is 290 g/mol. The van der Waals surface area contributed by atoms with Crippen molar-refractivity contribution in [2.24, 2.45) is 0 Å². The second-order valence-electron chi connectivity index (χ2n) is 4.81. The predicted octanol–water partition coefficient (Wildman–Crippen LogP) is 0.115. The van der Waals surface area contributed by atoms with Crippen molar-refractivity contribution in [3.63, 3.8) is 0 Å². The highest BCUT2D eigenvalue weighted by Crippen LogP contribution is 2.22. The van der Waals surface area contributed by atoms with E-state index in [2.05, 4.69) is 5.32 Å². The van der Waals surface area contributed by atoms with Crippen LogP contribution in [0.25, 0.3) is 6.08 Å². The van der Waals surface area contributed by atoms with Gasteiger partial charge in [-0.1, -0.05) is 0 Å². The highest BCUT2D eigenvalue weighted by Gasteiger charge is 2.28. The lowest BCUT2D eigenvalue weighted by Crippen LogP contribution is -2.40. The molecule has 0 bridgehead atoms. The molecule has 110 valence electrons. The number of carbonyl (C=O) groups is 3. The van der Waals surface area contributed by atoms with E-state index in [0.717, 1.165) is 13.1 Å². The average Bonchev–Trinajstić information content (AvgIpc) is 2.92. The smallest absolute Gasteiger partial charge is 0.261 e. The van der Waals surface area contributed by atoms with Gasteiger partial charge in [0.15, 0.2) is 11.7 Å². The lowest BCUT2D eigenvalue weighted by atomic mass is 10.0. The Morgan fingerprint density at radius 2 is 1.90 bits per heavy atom. The first-order valence-electron chi connectivity index (χ1n) is 6.65. The predicted molar refractivity (Wildman–Crippen MR) is 72.5 cm³/mol. The molecular formula is C14H14N2O5. The molecule has 7 nitrogen and oxygen atoms in total. The molecule has 0 spiro atoms. The SMILES string of the molecule is O=C1CC(=O)/C(=C\c2ccc(N3CCOCC3)o2)C(=O)N1. The number of anilines is 1. The Bertz CT molecular complexity index is 603. The summed E-state index contributed by atoms with van der Waals surface area (Å²) in [6.07, 6.45) is 1.06. The number of ketones is 1. The molecule has 2 aliphatic rings. The standard InChI is InChI=1S/C14H14N2O5/c17-11-8-12(18)15-14(19)10(11)7-9-1-2-13(21-9)16-3-5-20-6-4-16/h1-2,7H,3-6,8H2,(H,15,18,19)/b10-7+. The molecule has 2 aliphatic heterocycles. The number of nitrogens with zero attached hydrogens (tertiary/aromatic N) is 1. The molecule has 3 heterocycles. The minimum atomic E-state index is -0.680. The Hall–Kier alpha value is -2.41. The largest absolute Gasteiger partial charge is 0.441 e. The molecule has 0 aromatic carbocycles. The number of Topliss-reactive ketones (excluding diaryl/α,β-unsaturated/α-hetero) is 1. The van der Waals surface area contributed by atoms with Crippen molar-refractivity contribution in [2.45, 2.75) is 6.42 Å². The number of nitrogens with one attached hydrogen (secondary N) is 1. The summed E-state index contributed by atoms with van der Waals surface area (Å²) in [7, 11) is 0. The number of piperidine rings is 1. The van der Waals surface area contributed by atoms with E-state index in [-0.39, 0.29) is 12.0 Å². The van der Waals surface area contributed by atoms with Gasteiger partial charge in [0.25, 0.3) is 5.91 Å². The van der Waals surface area contributed by atoms with E-state index in [1.54, 1.807) is 12.1 Å². The first-order valence-corrected chi connectivity index (χ1v) is 6.65. The van der Waals surface area contributed by atoms with Crippen molar-refractivity contribution in [3.8, 4) is 0 Å². The van der Waals surface area contributed by atoms with Gasteiger partial charge in [-0.05, 0) is 12.1 Å². The zero-order valence-corrected chi connectivity index (χ0v) is 11.3. The maximum atomic E-state index is 11.7. The van der Waals surface area contributed by atoms with E-state index < -0.39 is 17.6 Å². The molecule has 21 heavy (non-hydrogen) atoms. The van der Waals surface area contributed by atoms with E-state index in [1.807, 2.05) is 4.90 Å². The van der Waals surface area contributed by atoms with Crippen LogP contribution in [0.1, 0.15) is 12.2 Å². The van der Waals surface area contributed by atoms with E-state index >= 15 is 0 Å². The minimum absolute atomic E-state index is 0.0579. The quantitative estimate of drug-likeness (QED) is 0.360. The lowest BCUT2D eigenvalue weighted by Gasteiger charge is -2.26. The fourth-order valence-electron chi connectivity index (χ4n) is 2.27. The third kappa shape index (κ3) is 2.87. The summed E-state index contributed by atoms with van der Waals surface area (Å²) < 4.78 is 10.9. The topological polar surface area (TPSA) is 88.8 Å². The number of rotatable bonds is 2. The van der Waals surface area contributed by atoms with Crippen LogP contribution in [0.4, 0.5) is 5.88 Å². The maximum Gasteiger partial charge on any atom is 0.261 e. The van der Waals surface area contributed by atoms with Crippen LogP contribution in [0.3, 0.4) is 0 Å². The Kier molecular flexibility index (Phi) is 3.57. The lowest BCUT2D eigenvalue weighted by molar-refractivity contribution is -0.134. The van der Waals surface area contributed by atoms with Crippen molar-refractivity contribution < 1.29 is 23.5 Å². The van der Waals surface area contributed by atoms with E-state index in [4.69, 9.17) is 9.15 Å². The summed E-state index contributed by atoms with van der Waals surface area (Å²) in [6.45, 7) is 2.75. The molecule has 0 saturated carbocycles. The van der Waals surface area contributed by atoms with Crippen molar-refractivity contribution in [1.29, 1.82) is 0 Å². The molecule has 1 N–H and O–H groups in total. The number of carbonyl (C=O) groups excluding carboxylic acids is 3. The molecule has 2 fully saturated rings. The van der Waals surface area contributed by atoms with Gasteiger partial charge in [-0.15, -0.1) is 0 Å². The molecule has 3 rings (SSSR count). The first kappa shape index (κ1) is 13.6. The highest BCUT2D eigenvalue weighted by atomic mass is 16.5. The Labute approximate surface area is 120 Å². The molecule has 0 radical (unpaired) electrons. The van der Waals surface area contributed by atoms with Crippen molar-refractivity contribution in [3.05, 3.63) is 23.5 Å². The summed E-state index contributed by atoms with van der Waals surface area (Å²) in [4.78, 5) is 36.4. The Morgan fingerprint density at radius 3 is 2.62 bits per heavy atom. The average molecular weight is 290 g/mol. The van der Waals surface area contributed by atoms with Crippen LogP contribution in [-0.2, 0) is 19.1 Å². The summed E-state index contributed by atoms with van der Waals surface area (Å²) in [5.74, 6) is -0.668. The zero-order chi connectivity index (χ0) is 14.8. The minimum Gasteiger partial charge on any atom is -0.441 e. The molecular weight excluding hydrogens is 276 g/mol. The van der Waals surface area contributed by atoms with Crippen LogP contribution < -0.4 is 10.2 Å². The molecule has 1 aromatic heterocycles. The first-order chi connectivity index (χ1) is 10.1. The number of furan rings is 1. The second kappa shape index (κ2) is 5.53. The molecule has 0 atom stereocenters. The van der Waals surface area contributed by atoms with E-state index in [9.17, 15) is 14.4 Å². The normalized spacial score (nSPS) is 21.8. The van der Waals surface area contributed by atoms with Gasteiger partial charge in [0.1, 0.15) is 5.76 Å². The molecule has 7 heteroatoms. The summed E-state index contributed by atoms with van der Waals surface area (Å²) >= 11 is 0. The van der Waals surface area contributed by atoms with Gasteiger partial charge in [0.05, 0.1) is 25.2 Å². The number of morpholine rings is 1. The third-order valence-corrected chi connectivity index (χ3v) is 3.34. The van der Waals surface area contributed by atoms with Gasteiger partial charge < -0.3 is 14.1 Å². The number of ether oxygens (including phenoxy) is 1. The zero-order valence-electron chi connectivity index (χ0n) is 11.3. The number of hydrogen-bond donors (Lipinski definition) is 1. The summed E-state index contributed by atoms with van der Waals surface area (Å²) in [5, 5.41) is 2.11. The van der Waals surface area contributed by atoms with Gasteiger partial charge in [0, 0.05) is 19.2 Å². The van der Waals surface area contributed by atoms with Gasteiger partial charge >= 0.3 is 0 Å². The molecule has 2 saturated heterocycles. The Morgan fingerprint density at radius 1 is 1.14 bits per heavy atom. The van der Waals surface area contributed by atoms with Crippen LogP contribution in [0.15, 0.2) is 22.1 Å². The van der Waals surface area contributed by atoms with Crippen LogP contribution in [0.2, 0.25) is 0 Å². The molecule has 0 unspecified atom stereocenters. The fourth-order valence-corrected chi connectivity index (χ4v) is 2.27. The third-order valence-electron chi connectivity index (χ3n) is 3.34. The van der Waals surface area contributed by atoms with Crippen LogP contribution in [0.5, 0.6) is 0 Å². The van der Waals surface area contributed by atoms with Gasteiger partial charge in [-0.25, -0.2) is 0 Å². The summed E-state index contributed by atoms with van der Waals surface area (Å²) in [5.41, 5.74) is -0.0579. The van der Waals surface area contributed by atoms with E-state index in [1.165, 1.54) is 6.08 Å². The van der Waals surface area contributed by atoms with Crippen LogP contribution in [0, 0.1) is 0 Å². The maximum absolute atomic E-state index is 11.7. The Balaban J connectivity index is 1.79.